The number of ether oxygens (including phenoxy) is 2. The van der Waals surface area contributed by atoms with E-state index in [4.69, 9.17) is 9.47 Å². The lowest BCUT2D eigenvalue weighted by molar-refractivity contribution is -0.133. The smallest absolute Gasteiger partial charge is 0.169 e. The van der Waals surface area contributed by atoms with Gasteiger partial charge in [0.15, 0.2) is 6.29 Å². The minimum atomic E-state index is -0.154. The first kappa shape index (κ1) is 17.2. The molecule has 0 spiro atoms. The van der Waals surface area contributed by atoms with E-state index in [-0.39, 0.29) is 11.7 Å². The van der Waals surface area contributed by atoms with Gasteiger partial charge in [-0.15, -0.1) is 0 Å². The highest BCUT2D eigenvalue weighted by molar-refractivity contribution is 5.27. The van der Waals surface area contributed by atoms with Gasteiger partial charge in [0.25, 0.3) is 0 Å². The average molecular weight is 279 g/mol. The summed E-state index contributed by atoms with van der Waals surface area (Å²) in [5.41, 5.74) is 2.86. The summed E-state index contributed by atoms with van der Waals surface area (Å²) in [6, 6.07) is 8.78. The predicted molar refractivity (Wildman–Crippen MR) is 83.9 cm³/mol. The summed E-state index contributed by atoms with van der Waals surface area (Å²) >= 11 is 0. The quantitative estimate of drug-likeness (QED) is 0.739. The summed E-state index contributed by atoms with van der Waals surface area (Å²) in [5.74, 6) is 0. The highest BCUT2D eigenvalue weighted by Crippen LogP contribution is 2.22. The van der Waals surface area contributed by atoms with Gasteiger partial charge in [-0.1, -0.05) is 45.0 Å². The van der Waals surface area contributed by atoms with Crippen molar-refractivity contribution in [3.8, 4) is 0 Å². The Morgan fingerprint density at radius 2 is 1.55 bits per heavy atom. The van der Waals surface area contributed by atoms with Crippen LogP contribution in [0.15, 0.2) is 24.3 Å². The minimum Gasteiger partial charge on any atom is -0.352 e. The van der Waals surface area contributed by atoms with E-state index in [2.05, 4.69) is 50.4 Å². The first-order valence-corrected chi connectivity index (χ1v) is 7.50. The Bertz CT molecular complexity index is 362. The van der Waals surface area contributed by atoms with Gasteiger partial charge in [0.2, 0.25) is 0 Å². The van der Waals surface area contributed by atoms with Crippen LogP contribution in [0.5, 0.6) is 0 Å². The van der Waals surface area contributed by atoms with Crippen molar-refractivity contribution < 1.29 is 9.47 Å². The highest BCUT2D eigenvalue weighted by Gasteiger charge is 2.12. The fraction of sp³-hybridized carbons (Fsp3) is 0.647. The fourth-order valence-corrected chi connectivity index (χ4v) is 1.99. The molecule has 1 rings (SSSR count). The molecule has 0 aliphatic heterocycles. The molecule has 0 saturated heterocycles. The van der Waals surface area contributed by atoms with Crippen molar-refractivity contribution in [1.82, 2.24) is 5.32 Å². The van der Waals surface area contributed by atoms with Crippen LogP contribution in [0.1, 0.15) is 45.7 Å². The van der Waals surface area contributed by atoms with Gasteiger partial charge in [-0.05, 0) is 30.4 Å². The molecule has 0 unspecified atom stereocenters. The summed E-state index contributed by atoms with van der Waals surface area (Å²) in [5, 5.41) is 3.38. The van der Waals surface area contributed by atoms with Crippen LogP contribution in [0.4, 0.5) is 0 Å². The average Bonchev–Trinajstić information content (AvgIpc) is 2.39. The Balaban J connectivity index is 2.41. The van der Waals surface area contributed by atoms with E-state index in [1.54, 1.807) is 0 Å². The number of nitrogens with one attached hydrogen (secondary N) is 1. The lowest BCUT2D eigenvalue weighted by atomic mass is 9.87. The number of rotatable bonds is 8. The second-order valence-electron chi connectivity index (χ2n) is 5.92. The van der Waals surface area contributed by atoms with Crippen molar-refractivity contribution >= 4 is 0 Å². The van der Waals surface area contributed by atoms with E-state index in [0.717, 1.165) is 6.54 Å². The molecule has 0 aliphatic rings. The van der Waals surface area contributed by atoms with Crippen LogP contribution < -0.4 is 5.32 Å². The minimum absolute atomic E-state index is 0.154. The van der Waals surface area contributed by atoms with E-state index in [9.17, 15) is 0 Å². The summed E-state index contributed by atoms with van der Waals surface area (Å²) in [6.45, 7) is 13.6. The van der Waals surface area contributed by atoms with Crippen molar-refractivity contribution in [3.05, 3.63) is 35.4 Å². The molecule has 0 amide bonds. The van der Waals surface area contributed by atoms with E-state index in [0.29, 0.717) is 19.8 Å². The maximum atomic E-state index is 5.50. The van der Waals surface area contributed by atoms with Crippen LogP contribution in [0.25, 0.3) is 0 Å². The highest BCUT2D eigenvalue weighted by atomic mass is 16.7. The third-order valence-electron chi connectivity index (χ3n) is 3.17. The van der Waals surface area contributed by atoms with E-state index < -0.39 is 0 Å². The Morgan fingerprint density at radius 1 is 1.00 bits per heavy atom. The van der Waals surface area contributed by atoms with Gasteiger partial charge in [-0.3, -0.25) is 0 Å². The normalized spacial score (nSPS) is 12.1. The van der Waals surface area contributed by atoms with Crippen molar-refractivity contribution in [2.75, 3.05) is 19.8 Å². The zero-order valence-electron chi connectivity index (χ0n) is 13.5. The van der Waals surface area contributed by atoms with E-state index in [1.165, 1.54) is 11.1 Å². The fourth-order valence-electron chi connectivity index (χ4n) is 1.99. The monoisotopic (exact) mass is 279 g/mol. The molecule has 0 heterocycles. The second-order valence-corrected chi connectivity index (χ2v) is 5.92. The lowest BCUT2D eigenvalue weighted by Gasteiger charge is -2.20. The molecule has 3 heteroatoms. The maximum absolute atomic E-state index is 5.50. The van der Waals surface area contributed by atoms with Gasteiger partial charge in [0.05, 0.1) is 0 Å². The standard InChI is InChI=1S/C17H29NO2/c1-6-19-16(20-7-2)13-18-12-14-8-10-15(11-9-14)17(3,4)5/h8-11,16,18H,6-7,12-13H2,1-5H3. The predicted octanol–water partition coefficient (Wildman–Crippen LogP) is 3.47. The summed E-state index contributed by atoms with van der Waals surface area (Å²) in [7, 11) is 0. The molecule has 3 nitrogen and oxygen atoms in total. The second kappa shape index (κ2) is 8.40. The first-order chi connectivity index (χ1) is 9.47. The molecular formula is C17H29NO2. The summed E-state index contributed by atoms with van der Waals surface area (Å²) < 4.78 is 11.0. The van der Waals surface area contributed by atoms with Gasteiger partial charge < -0.3 is 14.8 Å². The third kappa shape index (κ3) is 6.04. The SMILES string of the molecule is CCOC(CNCc1ccc(C(C)(C)C)cc1)OCC. The molecule has 0 atom stereocenters. The molecule has 1 aromatic carbocycles. The molecule has 0 radical (unpaired) electrons. The van der Waals surface area contributed by atoms with Gasteiger partial charge in [0, 0.05) is 26.3 Å². The van der Waals surface area contributed by atoms with Crippen LogP contribution in [0, 0.1) is 0 Å². The first-order valence-electron chi connectivity index (χ1n) is 7.50. The number of hydrogen-bond donors (Lipinski definition) is 1. The van der Waals surface area contributed by atoms with Gasteiger partial charge in [0.1, 0.15) is 0 Å². The summed E-state index contributed by atoms with van der Waals surface area (Å²) in [4.78, 5) is 0. The van der Waals surface area contributed by atoms with Crippen LogP contribution in [0.2, 0.25) is 0 Å². The van der Waals surface area contributed by atoms with E-state index >= 15 is 0 Å². The molecule has 0 bridgehead atoms. The number of hydrogen-bond acceptors (Lipinski definition) is 3. The van der Waals surface area contributed by atoms with Gasteiger partial charge >= 0.3 is 0 Å². The maximum Gasteiger partial charge on any atom is 0.169 e. The topological polar surface area (TPSA) is 30.5 Å². The van der Waals surface area contributed by atoms with Crippen LogP contribution in [0.3, 0.4) is 0 Å². The lowest BCUT2D eigenvalue weighted by Crippen LogP contribution is -2.31. The Labute approximate surface area is 123 Å². The Morgan fingerprint density at radius 3 is 2.00 bits per heavy atom. The molecule has 1 N–H and O–H groups in total. The zero-order chi connectivity index (χ0) is 15.0. The van der Waals surface area contributed by atoms with E-state index in [1.807, 2.05) is 13.8 Å². The van der Waals surface area contributed by atoms with Crippen molar-refractivity contribution in [3.63, 3.8) is 0 Å². The third-order valence-corrected chi connectivity index (χ3v) is 3.17. The molecule has 20 heavy (non-hydrogen) atoms. The molecule has 0 fully saturated rings. The molecular weight excluding hydrogens is 250 g/mol. The Kier molecular flexibility index (Phi) is 7.20. The van der Waals surface area contributed by atoms with Crippen molar-refractivity contribution in [2.24, 2.45) is 0 Å². The van der Waals surface area contributed by atoms with Gasteiger partial charge in [-0.2, -0.15) is 0 Å². The van der Waals surface area contributed by atoms with Crippen molar-refractivity contribution in [2.45, 2.75) is 52.9 Å². The van der Waals surface area contributed by atoms with Crippen LogP contribution >= 0.6 is 0 Å². The molecule has 0 saturated carbocycles. The summed E-state index contributed by atoms with van der Waals surface area (Å²) in [6.07, 6.45) is -0.154. The molecule has 1 aromatic rings. The van der Waals surface area contributed by atoms with Gasteiger partial charge in [-0.25, -0.2) is 0 Å². The number of benzene rings is 1. The molecule has 114 valence electrons. The largest absolute Gasteiger partial charge is 0.352 e. The molecule has 0 aliphatic carbocycles. The molecule has 0 aromatic heterocycles. The zero-order valence-corrected chi connectivity index (χ0v) is 13.5. The van der Waals surface area contributed by atoms with Crippen LogP contribution in [-0.4, -0.2) is 26.0 Å². The van der Waals surface area contributed by atoms with Crippen molar-refractivity contribution in [1.29, 1.82) is 0 Å². The van der Waals surface area contributed by atoms with Crippen LogP contribution in [-0.2, 0) is 21.4 Å². The Hall–Kier alpha value is -0.900.